The summed E-state index contributed by atoms with van der Waals surface area (Å²) in [5.41, 5.74) is 1.03. The van der Waals surface area contributed by atoms with Crippen molar-refractivity contribution in [3.05, 3.63) is 82.2 Å². The van der Waals surface area contributed by atoms with Crippen molar-refractivity contribution in [1.82, 2.24) is 9.80 Å². The van der Waals surface area contributed by atoms with Gasteiger partial charge in [0, 0.05) is 29.6 Å². The molecule has 3 aromatic rings. The number of likely N-dealkylation sites (tertiary alicyclic amines) is 1. The van der Waals surface area contributed by atoms with E-state index in [1.807, 2.05) is 0 Å². The van der Waals surface area contributed by atoms with Gasteiger partial charge in [0.15, 0.2) is 0 Å². The molecule has 0 saturated carbocycles. The van der Waals surface area contributed by atoms with Crippen LogP contribution in [0.5, 0.6) is 0 Å². The molecule has 2 amide bonds. The van der Waals surface area contributed by atoms with Gasteiger partial charge in [-0.15, -0.1) is 0 Å². The average Bonchev–Trinajstić information content (AvgIpc) is 3.50. The minimum atomic E-state index is -0.456. The summed E-state index contributed by atoms with van der Waals surface area (Å²) in [5.74, 6) is -0.718. The summed E-state index contributed by atoms with van der Waals surface area (Å²) < 4.78 is 13.3. The number of carbonyl (C=O) groups is 2. The lowest BCUT2D eigenvalue weighted by atomic mass is 10.0. The fraction of sp³-hybridized carbons (Fsp3) is 0.250. The highest BCUT2D eigenvalue weighted by molar-refractivity contribution is 6.09. The van der Waals surface area contributed by atoms with Crippen molar-refractivity contribution in [3.8, 4) is 0 Å². The first-order valence-electron chi connectivity index (χ1n) is 10.7. The fourth-order valence-corrected chi connectivity index (χ4v) is 5.58. The van der Waals surface area contributed by atoms with E-state index in [4.69, 9.17) is 0 Å². The van der Waals surface area contributed by atoms with Crippen LogP contribution >= 0.6 is 0 Å². The predicted molar refractivity (Wildman–Crippen MR) is 118 cm³/mol. The van der Waals surface area contributed by atoms with Gasteiger partial charge >= 0.3 is 0 Å². The van der Waals surface area contributed by atoms with Crippen molar-refractivity contribution in [1.29, 1.82) is 0 Å². The normalized spacial score (nSPS) is 24.0. The molecule has 33 heavy (non-hydrogen) atoms. The van der Waals surface area contributed by atoms with Crippen LogP contribution in [0.1, 0.15) is 16.8 Å². The molecule has 3 fully saturated rings. The molecule has 3 heterocycles. The van der Waals surface area contributed by atoms with Gasteiger partial charge in [-0.25, -0.2) is 4.39 Å². The number of carbonyl (C=O) groups excluding carboxylic acids is 2. The second kappa shape index (κ2) is 7.08. The molecule has 2 unspecified atom stereocenters. The van der Waals surface area contributed by atoms with Crippen LogP contribution in [0, 0.1) is 15.9 Å². The first-order valence-corrected chi connectivity index (χ1v) is 10.7. The monoisotopic (exact) mass is 446 g/mol. The highest BCUT2D eigenvalue weighted by Crippen LogP contribution is 2.43. The Kier molecular flexibility index (Phi) is 4.25. The number of piperazine rings is 1. The molecule has 3 atom stereocenters. The molecule has 3 aliphatic rings. The van der Waals surface area contributed by atoms with Crippen molar-refractivity contribution in [2.45, 2.75) is 24.5 Å². The number of amides is 2. The van der Waals surface area contributed by atoms with Crippen molar-refractivity contribution in [2.75, 3.05) is 18.1 Å². The number of anilines is 1. The van der Waals surface area contributed by atoms with Crippen LogP contribution in [0.2, 0.25) is 0 Å². The molecule has 0 aliphatic carbocycles. The number of nitrogens with zero attached hydrogens (tertiary/aromatic N) is 4. The van der Waals surface area contributed by atoms with Crippen LogP contribution in [0.25, 0.3) is 10.8 Å². The third-order valence-electron chi connectivity index (χ3n) is 7.05. The van der Waals surface area contributed by atoms with Gasteiger partial charge in [0.1, 0.15) is 11.9 Å². The zero-order chi connectivity index (χ0) is 22.9. The summed E-state index contributed by atoms with van der Waals surface area (Å²) in [6.07, 6.45) is 0.720. The fourth-order valence-electron chi connectivity index (χ4n) is 5.58. The molecular formula is C24H19FN4O4. The topological polar surface area (TPSA) is 87.0 Å². The summed E-state index contributed by atoms with van der Waals surface area (Å²) in [7, 11) is 0. The number of hydrogen-bond donors (Lipinski definition) is 0. The van der Waals surface area contributed by atoms with E-state index in [-0.39, 0.29) is 29.6 Å². The molecule has 3 aliphatic heterocycles. The van der Waals surface area contributed by atoms with Gasteiger partial charge < -0.3 is 4.90 Å². The Balaban J connectivity index is 1.32. The van der Waals surface area contributed by atoms with Crippen molar-refractivity contribution < 1.29 is 18.9 Å². The Morgan fingerprint density at radius 3 is 2.48 bits per heavy atom. The molecule has 6 rings (SSSR count). The van der Waals surface area contributed by atoms with E-state index in [0.717, 1.165) is 6.42 Å². The predicted octanol–water partition coefficient (Wildman–Crippen LogP) is 3.16. The zero-order valence-electron chi connectivity index (χ0n) is 17.4. The Morgan fingerprint density at radius 2 is 1.76 bits per heavy atom. The molecule has 2 bridgehead atoms. The lowest BCUT2D eigenvalue weighted by molar-refractivity contribution is -0.383. The summed E-state index contributed by atoms with van der Waals surface area (Å²) in [5, 5.41) is 12.6. The third kappa shape index (κ3) is 2.85. The molecule has 166 valence electrons. The van der Waals surface area contributed by atoms with Crippen LogP contribution in [0.3, 0.4) is 0 Å². The maximum absolute atomic E-state index is 13.6. The molecule has 3 aromatic carbocycles. The quantitative estimate of drug-likeness (QED) is 0.456. The van der Waals surface area contributed by atoms with Crippen LogP contribution in [-0.2, 0) is 4.79 Å². The molecule has 0 radical (unpaired) electrons. The summed E-state index contributed by atoms with van der Waals surface area (Å²) >= 11 is 0. The van der Waals surface area contributed by atoms with E-state index in [1.54, 1.807) is 40.1 Å². The van der Waals surface area contributed by atoms with Gasteiger partial charge in [-0.3, -0.25) is 29.5 Å². The summed E-state index contributed by atoms with van der Waals surface area (Å²) in [6, 6.07) is 14.9. The van der Waals surface area contributed by atoms with Crippen molar-refractivity contribution >= 4 is 34.0 Å². The van der Waals surface area contributed by atoms with Gasteiger partial charge in [-0.05, 0) is 42.8 Å². The van der Waals surface area contributed by atoms with E-state index in [1.165, 1.54) is 30.3 Å². The van der Waals surface area contributed by atoms with Gasteiger partial charge in [0.2, 0.25) is 5.91 Å². The molecule has 3 saturated heterocycles. The lowest BCUT2D eigenvalue weighted by Crippen LogP contribution is -2.54. The Hall–Kier alpha value is -3.85. The maximum Gasteiger partial charge on any atom is 0.277 e. The largest absolute Gasteiger partial charge is 0.332 e. The van der Waals surface area contributed by atoms with Crippen LogP contribution in [0.15, 0.2) is 60.7 Å². The third-order valence-corrected chi connectivity index (χ3v) is 7.05. The number of benzene rings is 3. The van der Waals surface area contributed by atoms with E-state index in [2.05, 4.69) is 4.90 Å². The molecule has 0 spiro atoms. The highest BCUT2D eigenvalue weighted by Gasteiger charge is 2.59. The highest BCUT2D eigenvalue weighted by atomic mass is 19.1. The lowest BCUT2D eigenvalue weighted by Gasteiger charge is -2.35. The SMILES string of the molecule is O=C1[C@H]2C3CC(CN3C(=O)c3ccc(F)cc3)N2CN1c1ccc([N+](=O)[O-])c2ccccc12. The zero-order valence-corrected chi connectivity index (χ0v) is 17.4. The van der Waals surface area contributed by atoms with Crippen LogP contribution in [0.4, 0.5) is 15.8 Å². The van der Waals surface area contributed by atoms with E-state index in [9.17, 15) is 24.1 Å². The minimum Gasteiger partial charge on any atom is -0.332 e. The Labute approximate surface area is 187 Å². The van der Waals surface area contributed by atoms with E-state index >= 15 is 0 Å². The molecular weight excluding hydrogens is 427 g/mol. The average molecular weight is 446 g/mol. The van der Waals surface area contributed by atoms with Crippen molar-refractivity contribution in [3.63, 3.8) is 0 Å². The number of non-ortho nitro benzene ring substituents is 1. The Morgan fingerprint density at radius 1 is 1.03 bits per heavy atom. The second-order valence-electron chi connectivity index (χ2n) is 8.69. The van der Waals surface area contributed by atoms with Gasteiger partial charge in [-0.1, -0.05) is 18.2 Å². The number of fused-ring (bicyclic) bond motifs is 6. The number of nitro benzene ring substituents is 1. The smallest absolute Gasteiger partial charge is 0.277 e. The number of hydrogen-bond acceptors (Lipinski definition) is 5. The van der Waals surface area contributed by atoms with Gasteiger partial charge in [0.25, 0.3) is 11.6 Å². The molecule has 9 heteroatoms. The minimum absolute atomic E-state index is 0.00219. The molecule has 8 nitrogen and oxygen atoms in total. The van der Waals surface area contributed by atoms with Gasteiger partial charge in [-0.2, -0.15) is 0 Å². The van der Waals surface area contributed by atoms with Gasteiger partial charge in [0.05, 0.1) is 28.7 Å². The van der Waals surface area contributed by atoms with Crippen LogP contribution < -0.4 is 4.90 Å². The second-order valence-corrected chi connectivity index (χ2v) is 8.69. The van der Waals surface area contributed by atoms with E-state index in [0.29, 0.717) is 35.2 Å². The molecule has 0 N–H and O–H groups in total. The first kappa shape index (κ1) is 19.8. The number of rotatable bonds is 3. The van der Waals surface area contributed by atoms with E-state index < -0.39 is 16.8 Å². The van der Waals surface area contributed by atoms with Crippen molar-refractivity contribution in [2.24, 2.45) is 0 Å². The number of halogens is 1. The molecule has 0 aromatic heterocycles. The Bertz CT molecular complexity index is 1330. The van der Waals surface area contributed by atoms with Crippen LogP contribution in [-0.4, -0.2) is 57.9 Å². The summed E-state index contributed by atoms with van der Waals surface area (Å²) in [4.78, 5) is 43.2. The maximum atomic E-state index is 13.6. The first-order chi connectivity index (χ1) is 15.9. The number of nitro groups is 1. The summed E-state index contributed by atoms with van der Waals surface area (Å²) in [6.45, 7) is 0.893. The standard InChI is InChI=1S/C24H19FN4O4/c25-15-7-5-14(6-8-15)23(30)26-12-16-11-21(26)22-24(31)28(13-27(16)22)19-9-10-20(29(32)33)18-4-2-1-3-17(18)19/h1-10,16,21-22H,11-13H2/t16?,21?,22-/m1/s1.